The van der Waals surface area contributed by atoms with Crippen molar-refractivity contribution in [1.82, 2.24) is 20.0 Å². The van der Waals surface area contributed by atoms with Crippen molar-refractivity contribution in [3.8, 4) is 11.5 Å². The Labute approximate surface area is 191 Å². The maximum Gasteiger partial charge on any atom is 0.158 e. The van der Waals surface area contributed by atoms with E-state index in [-0.39, 0.29) is 18.0 Å². The Kier molecular flexibility index (Phi) is 9.35. The van der Waals surface area contributed by atoms with E-state index in [1.54, 1.807) is 6.07 Å². The third-order valence-corrected chi connectivity index (χ3v) is 6.67. The number of nitrogens with one attached hydrogen (secondary N) is 1. The number of likely N-dealkylation sites (tertiary alicyclic amines) is 2. The highest BCUT2D eigenvalue weighted by atomic mass is 16.5. The summed E-state index contributed by atoms with van der Waals surface area (Å²) in [6.45, 7) is 13.2. The monoisotopic (exact) mass is 446 g/mol. The van der Waals surface area contributed by atoms with Gasteiger partial charge in [-0.25, -0.2) is 0 Å². The van der Waals surface area contributed by atoms with Crippen LogP contribution in [0.1, 0.15) is 24.8 Å². The number of phenols is 2. The highest BCUT2D eigenvalue weighted by molar-refractivity contribution is 5.67. The summed E-state index contributed by atoms with van der Waals surface area (Å²) in [7, 11) is 2.25. The summed E-state index contributed by atoms with van der Waals surface area (Å²) in [5.41, 5.74) is 1.15. The molecule has 0 radical (unpaired) electrons. The lowest BCUT2D eigenvalue weighted by Crippen LogP contribution is -2.51. The Morgan fingerprint density at radius 2 is 1.72 bits per heavy atom. The van der Waals surface area contributed by atoms with E-state index in [4.69, 9.17) is 9.84 Å². The summed E-state index contributed by atoms with van der Waals surface area (Å²) in [5.74, 6) is -0.395. The highest BCUT2D eigenvalue weighted by Crippen LogP contribution is 2.27. The predicted octanol–water partition coefficient (Wildman–Crippen LogP) is 1.34. The van der Waals surface area contributed by atoms with Crippen LogP contribution in [0.5, 0.6) is 11.5 Å². The van der Waals surface area contributed by atoms with Crippen molar-refractivity contribution in [1.29, 1.82) is 0 Å². The Hall–Kier alpha value is -2.13. The summed E-state index contributed by atoms with van der Waals surface area (Å²) in [4.78, 5) is 17.9. The molecule has 0 aliphatic carbocycles. The minimum Gasteiger partial charge on any atom is -0.504 e. The van der Waals surface area contributed by atoms with Crippen LogP contribution in [0, 0.1) is 0 Å². The molecule has 1 unspecified atom stereocenters. The van der Waals surface area contributed by atoms with Crippen LogP contribution in [0.25, 0.3) is 5.70 Å². The first-order chi connectivity index (χ1) is 15.5. The van der Waals surface area contributed by atoms with Gasteiger partial charge >= 0.3 is 0 Å². The van der Waals surface area contributed by atoms with Gasteiger partial charge in [-0.05, 0) is 64.1 Å². The molecular formula is C24H38N4O4. The van der Waals surface area contributed by atoms with Gasteiger partial charge in [0.1, 0.15) is 6.29 Å². The van der Waals surface area contributed by atoms with Gasteiger partial charge in [0.2, 0.25) is 0 Å². The molecule has 0 spiro atoms. The van der Waals surface area contributed by atoms with E-state index in [2.05, 4.69) is 33.6 Å². The zero-order valence-corrected chi connectivity index (χ0v) is 19.2. The lowest BCUT2D eigenvalue weighted by molar-refractivity contribution is -0.107. The second-order valence-electron chi connectivity index (χ2n) is 8.85. The van der Waals surface area contributed by atoms with Gasteiger partial charge in [-0.2, -0.15) is 0 Å². The van der Waals surface area contributed by atoms with Gasteiger partial charge in [-0.1, -0.05) is 6.58 Å². The number of aldehydes is 1. The van der Waals surface area contributed by atoms with Gasteiger partial charge in [0.25, 0.3) is 0 Å². The number of piperidine rings is 1. The number of hydrogen-bond donors (Lipinski definition) is 3. The van der Waals surface area contributed by atoms with E-state index in [9.17, 15) is 9.90 Å². The standard InChI is InChI=1S/C14H27N3O.C10H11NO3/c1-15-5-2-14(12-15)16-6-3-13(4-7-16)17-8-10-18-11-9-17;1-7(11-4-5-12)8-2-3-9(13)10(14)6-8/h13-14H,2-12H2,1H3;2-3,5-6,11,13-14H,1,4H2. The lowest BCUT2D eigenvalue weighted by Gasteiger charge is -2.41. The predicted molar refractivity (Wildman–Crippen MR) is 126 cm³/mol. The van der Waals surface area contributed by atoms with Gasteiger partial charge in [-0.15, -0.1) is 0 Å². The molecule has 3 N–H and O–H groups in total. The van der Waals surface area contributed by atoms with Crippen LogP contribution < -0.4 is 5.32 Å². The third-order valence-electron chi connectivity index (χ3n) is 6.67. The Morgan fingerprint density at radius 1 is 1.06 bits per heavy atom. The number of likely N-dealkylation sites (N-methyl/N-ethyl adjacent to an activating group) is 1. The molecule has 178 valence electrons. The van der Waals surface area contributed by atoms with Gasteiger partial charge < -0.3 is 30.0 Å². The van der Waals surface area contributed by atoms with Crippen molar-refractivity contribution < 1.29 is 19.7 Å². The minimum absolute atomic E-state index is 0.167. The fourth-order valence-corrected chi connectivity index (χ4v) is 4.75. The van der Waals surface area contributed by atoms with Crippen LogP contribution in [0.4, 0.5) is 0 Å². The Morgan fingerprint density at radius 3 is 2.31 bits per heavy atom. The van der Waals surface area contributed by atoms with Crippen LogP contribution in [0.2, 0.25) is 0 Å². The van der Waals surface area contributed by atoms with Crippen LogP contribution in [0.15, 0.2) is 24.8 Å². The topological polar surface area (TPSA) is 88.5 Å². The summed E-state index contributed by atoms with van der Waals surface area (Å²) < 4.78 is 5.45. The molecule has 3 fully saturated rings. The molecule has 3 aliphatic rings. The van der Waals surface area contributed by atoms with E-state index < -0.39 is 0 Å². The quantitative estimate of drug-likeness (QED) is 0.446. The smallest absolute Gasteiger partial charge is 0.158 e. The molecule has 1 aromatic carbocycles. The van der Waals surface area contributed by atoms with Gasteiger partial charge in [-0.3, -0.25) is 9.80 Å². The number of phenolic OH excluding ortho intramolecular Hbond substituents is 2. The van der Waals surface area contributed by atoms with Crippen molar-refractivity contribution in [3.05, 3.63) is 30.3 Å². The second kappa shape index (κ2) is 12.2. The zero-order valence-electron chi connectivity index (χ0n) is 19.2. The molecule has 3 aliphatic heterocycles. The van der Waals surface area contributed by atoms with Crippen LogP contribution in [0.3, 0.4) is 0 Å². The highest BCUT2D eigenvalue weighted by Gasteiger charge is 2.31. The molecule has 0 amide bonds. The molecule has 3 saturated heterocycles. The fourth-order valence-electron chi connectivity index (χ4n) is 4.75. The molecular weight excluding hydrogens is 408 g/mol. The summed E-state index contributed by atoms with van der Waals surface area (Å²) >= 11 is 0. The molecule has 0 bridgehead atoms. The molecule has 0 saturated carbocycles. The molecule has 1 atom stereocenters. The van der Waals surface area contributed by atoms with Crippen molar-refractivity contribution in [2.45, 2.75) is 31.3 Å². The summed E-state index contributed by atoms with van der Waals surface area (Å²) in [6, 6.07) is 5.98. The molecule has 32 heavy (non-hydrogen) atoms. The maximum absolute atomic E-state index is 10.1. The first-order valence-corrected chi connectivity index (χ1v) is 11.6. The normalized spacial score (nSPS) is 23.3. The van der Waals surface area contributed by atoms with Crippen LogP contribution >= 0.6 is 0 Å². The number of rotatable bonds is 6. The SMILES string of the molecule is C=C(NCC=O)c1ccc(O)c(O)c1.CN1CCC(N2CCC(N3CCOCC3)CC2)C1. The lowest BCUT2D eigenvalue weighted by atomic mass is 10.0. The number of aromatic hydroxyl groups is 2. The van der Waals surface area contributed by atoms with E-state index in [0.717, 1.165) is 38.4 Å². The summed E-state index contributed by atoms with van der Waals surface area (Å²) in [6.07, 6.45) is 4.81. The molecule has 8 nitrogen and oxygen atoms in total. The number of morpholine rings is 1. The number of nitrogens with zero attached hydrogens (tertiary/aromatic N) is 3. The number of carbonyl (C=O) groups excluding carboxylic acids is 1. The molecule has 8 heteroatoms. The van der Waals surface area contributed by atoms with E-state index >= 15 is 0 Å². The molecule has 1 aromatic rings. The van der Waals surface area contributed by atoms with E-state index in [1.807, 2.05) is 0 Å². The van der Waals surface area contributed by atoms with Crippen molar-refractivity contribution in [2.24, 2.45) is 0 Å². The number of carbonyl (C=O) groups is 1. The maximum atomic E-state index is 10.1. The largest absolute Gasteiger partial charge is 0.504 e. The number of hydrogen-bond acceptors (Lipinski definition) is 8. The van der Waals surface area contributed by atoms with E-state index in [0.29, 0.717) is 17.5 Å². The first kappa shape index (κ1) is 24.5. The van der Waals surface area contributed by atoms with Gasteiger partial charge in [0.15, 0.2) is 11.5 Å². The van der Waals surface area contributed by atoms with Crippen molar-refractivity contribution in [2.75, 3.05) is 66.1 Å². The van der Waals surface area contributed by atoms with Crippen LogP contribution in [-0.2, 0) is 9.53 Å². The molecule has 3 heterocycles. The minimum atomic E-state index is -0.212. The van der Waals surface area contributed by atoms with E-state index in [1.165, 1.54) is 57.6 Å². The first-order valence-electron chi connectivity index (χ1n) is 11.6. The fraction of sp³-hybridized carbons (Fsp3) is 0.625. The average Bonchev–Trinajstić information content (AvgIpc) is 3.26. The molecule has 4 rings (SSSR count). The summed E-state index contributed by atoms with van der Waals surface area (Å²) in [5, 5.41) is 21.0. The number of ether oxygens (including phenoxy) is 1. The average molecular weight is 447 g/mol. The second-order valence-corrected chi connectivity index (χ2v) is 8.85. The number of benzene rings is 1. The Bertz CT molecular complexity index is 733. The van der Waals surface area contributed by atoms with Crippen molar-refractivity contribution >= 4 is 12.0 Å². The van der Waals surface area contributed by atoms with Crippen LogP contribution in [-0.4, -0.2) is 109 Å². The third kappa shape index (κ3) is 6.93. The zero-order chi connectivity index (χ0) is 22.9. The van der Waals surface area contributed by atoms with Gasteiger partial charge in [0.05, 0.1) is 19.8 Å². The van der Waals surface area contributed by atoms with Crippen molar-refractivity contribution in [3.63, 3.8) is 0 Å². The van der Waals surface area contributed by atoms with Gasteiger partial charge in [0, 0.05) is 43.0 Å². The molecule has 0 aromatic heterocycles. The Balaban J connectivity index is 0.000000188.